The van der Waals surface area contributed by atoms with Crippen molar-refractivity contribution in [2.75, 3.05) is 31.0 Å². The van der Waals surface area contributed by atoms with Crippen molar-refractivity contribution in [3.63, 3.8) is 0 Å². The Morgan fingerprint density at radius 3 is 2.42 bits per heavy atom. The van der Waals surface area contributed by atoms with Gasteiger partial charge in [-0.2, -0.15) is 13.2 Å². The summed E-state index contributed by atoms with van der Waals surface area (Å²) in [5, 5.41) is 4.06. The quantitative estimate of drug-likeness (QED) is 0.409. The zero-order valence-corrected chi connectivity index (χ0v) is 23.0. The van der Waals surface area contributed by atoms with Gasteiger partial charge in [0.15, 0.2) is 6.04 Å². The van der Waals surface area contributed by atoms with E-state index >= 15 is 0 Å². The number of sulfone groups is 1. The van der Waals surface area contributed by atoms with Crippen molar-refractivity contribution in [2.45, 2.75) is 45.0 Å². The number of aryl methyl sites for hydroxylation is 1. The summed E-state index contributed by atoms with van der Waals surface area (Å²) in [6.07, 6.45) is -3.34. The number of nitrogens with zero attached hydrogens (tertiary/aromatic N) is 3. The zero-order chi connectivity index (χ0) is 27.8. The highest BCUT2D eigenvalue weighted by Gasteiger charge is 2.46. The molecule has 3 aromatic rings. The normalized spacial score (nSPS) is 17.8. The van der Waals surface area contributed by atoms with Crippen LogP contribution in [0.2, 0.25) is 0 Å². The molecule has 1 saturated heterocycles. The number of benzene rings is 1. The van der Waals surface area contributed by atoms with Crippen molar-refractivity contribution in [2.24, 2.45) is 5.92 Å². The zero-order valence-electron chi connectivity index (χ0n) is 21.4. The van der Waals surface area contributed by atoms with Crippen molar-refractivity contribution in [1.82, 2.24) is 14.9 Å². The van der Waals surface area contributed by atoms with E-state index in [2.05, 4.69) is 15.3 Å². The molecule has 1 amide bonds. The first-order chi connectivity index (χ1) is 17.8. The van der Waals surface area contributed by atoms with Gasteiger partial charge in [-0.25, -0.2) is 18.4 Å². The van der Waals surface area contributed by atoms with E-state index in [0.29, 0.717) is 21.8 Å². The minimum absolute atomic E-state index is 0.0259. The number of hydrogen-bond donors (Lipinski definition) is 1. The average molecular weight is 571 g/mol. The van der Waals surface area contributed by atoms with Crippen LogP contribution in [0.15, 0.2) is 30.5 Å². The lowest BCUT2D eigenvalue weighted by Crippen LogP contribution is -2.44. The van der Waals surface area contributed by atoms with Crippen LogP contribution >= 0.6 is 11.3 Å². The van der Waals surface area contributed by atoms with E-state index in [0.717, 1.165) is 22.4 Å². The molecule has 0 aliphatic carbocycles. The molecule has 8 nitrogen and oxygen atoms in total. The molecule has 1 N–H and O–H groups in total. The van der Waals surface area contributed by atoms with Crippen LogP contribution in [-0.2, 0) is 19.4 Å². The van der Waals surface area contributed by atoms with Crippen LogP contribution in [0.1, 0.15) is 48.0 Å². The molecule has 1 fully saturated rings. The van der Waals surface area contributed by atoms with E-state index in [1.807, 2.05) is 13.8 Å². The number of anilines is 2. The Labute approximate surface area is 223 Å². The number of aromatic nitrogens is 2. The third-order valence-electron chi connectivity index (χ3n) is 6.79. The van der Waals surface area contributed by atoms with Crippen molar-refractivity contribution < 1.29 is 31.1 Å². The van der Waals surface area contributed by atoms with Crippen LogP contribution in [0.4, 0.5) is 24.5 Å². The topological polar surface area (TPSA) is 101 Å². The van der Waals surface area contributed by atoms with Gasteiger partial charge < -0.3 is 15.0 Å². The molecular formula is C25H29F3N4O4S2. The summed E-state index contributed by atoms with van der Waals surface area (Å²) in [5.41, 5.74) is 2.54. The van der Waals surface area contributed by atoms with E-state index in [9.17, 15) is 26.4 Å². The number of carbonyl (C=O) groups is 1. The summed E-state index contributed by atoms with van der Waals surface area (Å²) in [6.45, 7) is 3.76. The van der Waals surface area contributed by atoms with Gasteiger partial charge in [-0.3, -0.25) is 4.79 Å². The van der Waals surface area contributed by atoms with Crippen LogP contribution in [0, 0.1) is 12.8 Å². The Morgan fingerprint density at radius 1 is 1.21 bits per heavy atom. The number of methoxy groups -OCH3 is 1. The molecule has 2 aromatic heterocycles. The number of thiazole rings is 1. The molecule has 206 valence electrons. The molecule has 4 rings (SSSR count). The summed E-state index contributed by atoms with van der Waals surface area (Å²) in [4.78, 5) is 23.4. The smallest absolute Gasteiger partial charge is 0.377 e. The Morgan fingerprint density at radius 2 is 1.84 bits per heavy atom. The Bertz CT molecular complexity index is 1410. The van der Waals surface area contributed by atoms with Crippen molar-refractivity contribution in [3.8, 4) is 0 Å². The molecule has 13 heteroatoms. The number of nitrogens with one attached hydrogen (secondary N) is 1. The molecule has 0 bridgehead atoms. The molecule has 1 aromatic carbocycles. The van der Waals surface area contributed by atoms with Crippen molar-refractivity contribution in [1.29, 1.82) is 0 Å². The molecule has 38 heavy (non-hydrogen) atoms. The van der Waals surface area contributed by atoms with Gasteiger partial charge in [0.25, 0.3) is 0 Å². The number of carbonyl (C=O) groups excluding carboxylic acids is 1. The predicted octanol–water partition coefficient (Wildman–Crippen LogP) is 5.34. The number of ether oxygens (including phenoxy) is 1. The summed E-state index contributed by atoms with van der Waals surface area (Å²) in [5.74, 6) is -1.86. The van der Waals surface area contributed by atoms with Gasteiger partial charge in [0.1, 0.15) is 20.2 Å². The molecule has 0 unspecified atom stereocenters. The first-order valence-corrected chi connectivity index (χ1v) is 14.6. The fourth-order valence-electron chi connectivity index (χ4n) is 4.72. The van der Waals surface area contributed by atoms with Crippen LogP contribution in [0.3, 0.4) is 0 Å². The van der Waals surface area contributed by atoms with Gasteiger partial charge in [-0.1, -0.05) is 23.5 Å². The fourth-order valence-corrected chi connectivity index (χ4v) is 6.98. The first kappa shape index (κ1) is 28.2. The molecule has 1 aliphatic heterocycles. The van der Waals surface area contributed by atoms with E-state index in [-0.39, 0.29) is 36.0 Å². The minimum atomic E-state index is -4.72. The highest BCUT2D eigenvalue weighted by molar-refractivity contribution is 7.91. The highest BCUT2D eigenvalue weighted by atomic mass is 32.2. The van der Waals surface area contributed by atoms with Crippen LogP contribution < -0.4 is 5.32 Å². The Kier molecular flexibility index (Phi) is 8.01. The predicted molar refractivity (Wildman–Crippen MR) is 140 cm³/mol. The molecule has 0 radical (unpaired) electrons. The average Bonchev–Trinajstić information content (AvgIpc) is 3.23. The third kappa shape index (κ3) is 5.94. The molecular weight excluding hydrogens is 541 g/mol. The fraction of sp³-hybridized carbons (Fsp3) is 0.480. The molecule has 1 aliphatic rings. The van der Waals surface area contributed by atoms with Gasteiger partial charge in [-0.15, -0.1) is 0 Å². The Hall–Kier alpha value is -2.77. The Balaban J connectivity index is 1.59. The van der Waals surface area contributed by atoms with Gasteiger partial charge in [0.05, 0.1) is 34.5 Å². The van der Waals surface area contributed by atoms with E-state index < -0.39 is 33.9 Å². The SMILES string of the molecule is CO[C@H](C)c1c(Nc2ccc([C@H](N(C)C(=O)C3CCS(=O)(=O)CC3)C(F)(F)F)cc2)cnc2sc(C)nc12. The summed E-state index contributed by atoms with van der Waals surface area (Å²) >= 11 is 1.46. The van der Waals surface area contributed by atoms with Crippen molar-refractivity contribution in [3.05, 3.63) is 46.6 Å². The number of alkyl halides is 3. The number of halogens is 3. The van der Waals surface area contributed by atoms with E-state index in [1.165, 1.54) is 35.6 Å². The van der Waals surface area contributed by atoms with Crippen LogP contribution in [-0.4, -0.2) is 61.0 Å². The van der Waals surface area contributed by atoms with Gasteiger partial charge in [0, 0.05) is 31.3 Å². The summed E-state index contributed by atoms with van der Waals surface area (Å²) < 4.78 is 71.4. The molecule has 3 heterocycles. The van der Waals surface area contributed by atoms with E-state index in [4.69, 9.17) is 4.74 Å². The molecule has 0 saturated carbocycles. The van der Waals surface area contributed by atoms with E-state index in [1.54, 1.807) is 13.3 Å². The third-order valence-corrected chi connectivity index (χ3v) is 9.38. The number of hydrogen-bond acceptors (Lipinski definition) is 8. The van der Waals surface area contributed by atoms with Crippen molar-refractivity contribution >= 4 is 48.8 Å². The molecule has 2 atom stereocenters. The summed E-state index contributed by atoms with van der Waals surface area (Å²) in [6, 6.07) is 3.51. The lowest BCUT2D eigenvalue weighted by atomic mass is 9.98. The summed E-state index contributed by atoms with van der Waals surface area (Å²) in [7, 11) is -0.548. The standard InChI is InChI=1S/C25H29F3N4O4S2/c1-14(36-4)20-19(13-29-23-21(20)30-15(2)37-23)31-18-7-5-16(6-8-18)22(25(26,27)28)32(3)24(33)17-9-11-38(34,35)12-10-17/h5-8,13-14,17,22,31H,9-12H2,1-4H3/t14-,22+/m1/s1. The lowest BCUT2D eigenvalue weighted by molar-refractivity contribution is -0.190. The van der Waals surface area contributed by atoms with Crippen LogP contribution in [0.25, 0.3) is 10.3 Å². The highest BCUT2D eigenvalue weighted by Crippen LogP contribution is 2.40. The minimum Gasteiger partial charge on any atom is -0.377 e. The number of rotatable bonds is 7. The van der Waals surface area contributed by atoms with Gasteiger partial charge in [-0.05, 0) is 44.4 Å². The number of fused-ring (bicyclic) bond motifs is 1. The lowest BCUT2D eigenvalue weighted by Gasteiger charge is -2.34. The second-order valence-electron chi connectivity index (χ2n) is 9.42. The maximum absolute atomic E-state index is 14.2. The second-order valence-corrected chi connectivity index (χ2v) is 12.9. The van der Waals surface area contributed by atoms with Gasteiger partial charge in [0.2, 0.25) is 5.91 Å². The van der Waals surface area contributed by atoms with Crippen LogP contribution in [0.5, 0.6) is 0 Å². The number of pyridine rings is 1. The monoisotopic (exact) mass is 570 g/mol. The number of amides is 1. The maximum atomic E-state index is 14.2. The first-order valence-electron chi connectivity index (χ1n) is 12.0. The second kappa shape index (κ2) is 10.8. The molecule has 0 spiro atoms. The van der Waals surface area contributed by atoms with Gasteiger partial charge >= 0.3 is 6.18 Å². The maximum Gasteiger partial charge on any atom is 0.413 e. The largest absolute Gasteiger partial charge is 0.413 e.